The Morgan fingerprint density at radius 3 is 2.39 bits per heavy atom. The lowest BCUT2D eigenvalue weighted by Gasteiger charge is -2.46. The summed E-state index contributed by atoms with van der Waals surface area (Å²) in [5.41, 5.74) is 3.30. The fourth-order valence-corrected chi connectivity index (χ4v) is 6.05. The molecule has 2 saturated heterocycles. The topological polar surface area (TPSA) is 82.6 Å². The maximum absolute atomic E-state index is 12.9. The Kier molecular flexibility index (Phi) is 8.07. The number of methoxy groups -OCH3 is 1. The number of piperidine rings is 2. The number of carbonyl (C=O) groups excluding carboxylic acids is 1. The molecule has 8 nitrogen and oxygen atoms in total. The van der Waals surface area contributed by atoms with Crippen molar-refractivity contribution in [2.45, 2.75) is 25.7 Å². The fourth-order valence-electron chi connectivity index (χ4n) is 5.25. The molecule has 10 heteroatoms. The molecular formula is C28H32BrClN6O2. The monoisotopic (exact) mass is 598 g/mol. The van der Waals surface area contributed by atoms with Crippen molar-refractivity contribution in [1.29, 1.82) is 0 Å². The number of hydrogen-bond donors (Lipinski definition) is 2. The third kappa shape index (κ3) is 5.90. The predicted octanol–water partition coefficient (Wildman–Crippen LogP) is 6.21. The quantitative estimate of drug-likeness (QED) is 0.349. The molecule has 3 aromatic rings. The van der Waals surface area contributed by atoms with Gasteiger partial charge in [0.2, 0.25) is 11.8 Å². The number of nitrogens with one attached hydrogen (secondary N) is 2. The molecule has 2 N–H and O–H groups in total. The molecule has 0 radical (unpaired) electrons. The van der Waals surface area contributed by atoms with Crippen LogP contribution in [0.3, 0.4) is 0 Å². The van der Waals surface area contributed by atoms with Gasteiger partial charge in [0.1, 0.15) is 5.56 Å². The first kappa shape index (κ1) is 26.7. The summed E-state index contributed by atoms with van der Waals surface area (Å²) in [4.78, 5) is 26.6. The van der Waals surface area contributed by atoms with E-state index in [2.05, 4.69) is 65.5 Å². The van der Waals surface area contributed by atoms with Crippen LogP contribution < -0.4 is 20.3 Å². The summed E-state index contributed by atoms with van der Waals surface area (Å²) in [6, 6.07) is 13.6. The Labute approximate surface area is 236 Å². The van der Waals surface area contributed by atoms with Crippen molar-refractivity contribution in [2.75, 3.05) is 55.9 Å². The van der Waals surface area contributed by atoms with E-state index >= 15 is 0 Å². The van der Waals surface area contributed by atoms with Crippen LogP contribution in [0.15, 0.2) is 53.1 Å². The molecule has 0 atom stereocenters. The van der Waals surface area contributed by atoms with Crippen LogP contribution >= 0.6 is 27.5 Å². The van der Waals surface area contributed by atoms with Crippen LogP contribution in [0, 0.1) is 5.41 Å². The summed E-state index contributed by atoms with van der Waals surface area (Å²) in [6.07, 6.45) is 6.61. The van der Waals surface area contributed by atoms with Crippen LogP contribution in [0.2, 0.25) is 5.02 Å². The van der Waals surface area contributed by atoms with Gasteiger partial charge in [-0.25, -0.2) is 4.98 Å². The van der Waals surface area contributed by atoms with Crippen LogP contribution in [0.25, 0.3) is 0 Å². The zero-order chi connectivity index (χ0) is 26.7. The first-order valence-electron chi connectivity index (χ1n) is 12.8. The number of aromatic nitrogens is 2. The molecule has 1 aromatic heterocycles. The van der Waals surface area contributed by atoms with Gasteiger partial charge in [0.15, 0.2) is 0 Å². The van der Waals surface area contributed by atoms with Crippen molar-refractivity contribution >= 4 is 56.4 Å². The van der Waals surface area contributed by atoms with Crippen LogP contribution in [0.4, 0.5) is 23.0 Å². The van der Waals surface area contributed by atoms with Gasteiger partial charge in [0.05, 0.1) is 17.8 Å². The molecule has 5 rings (SSSR count). The number of halogens is 2. The van der Waals surface area contributed by atoms with E-state index in [9.17, 15) is 4.79 Å². The summed E-state index contributed by atoms with van der Waals surface area (Å²) < 4.78 is 6.06. The summed E-state index contributed by atoms with van der Waals surface area (Å²) in [6.45, 7) is 4.65. The van der Waals surface area contributed by atoms with Crippen LogP contribution in [-0.4, -0.2) is 61.1 Å². The second-order valence-corrected chi connectivity index (χ2v) is 11.4. The van der Waals surface area contributed by atoms with E-state index in [-0.39, 0.29) is 11.4 Å². The minimum absolute atomic E-state index is 0.163. The number of para-hydroxylation sites is 1. The van der Waals surface area contributed by atoms with Gasteiger partial charge in [-0.3, -0.25) is 4.79 Å². The summed E-state index contributed by atoms with van der Waals surface area (Å²) in [7, 11) is 3.70. The zero-order valence-electron chi connectivity index (χ0n) is 21.6. The van der Waals surface area contributed by atoms with Crippen molar-refractivity contribution in [3.05, 3.63) is 63.7 Å². The smallest absolute Gasteiger partial charge is 0.262 e. The third-order valence-corrected chi connectivity index (χ3v) is 8.73. The van der Waals surface area contributed by atoms with Crippen LogP contribution in [0.1, 0.15) is 36.0 Å². The molecule has 2 aromatic carbocycles. The Balaban J connectivity index is 1.21. The average molecular weight is 600 g/mol. The number of ether oxygens (including phenoxy) is 1. The molecular weight excluding hydrogens is 568 g/mol. The van der Waals surface area contributed by atoms with Crippen molar-refractivity contribution < 1.29 is 9.53 Å². The first-order chi connectivity index (χ1) is 18.4. The highest BCUT2D eigenvalue weighted by Gasteiger charge is 2.36. The van der Waals surface area contributed by atoms with E-state index in [1.165, 1.54) is 57.8 Å². The molecule has 1 amide bonds. The van der Waals surface area contributed by atoms with Crippen molar-refractivity contribution in [2.24, 2.45) is 5.41 Å². The van der Waals surface area contributed by atoms with E-state index in [4.69, 9.17) is 16.3 Å². The predicted molar refractivity (Wildman–Crippen MR) is 156 cm³/mol. The van der Waals surface area contributed by atoms with Crippen molar-refractivity contribution in [3.63, 3.8) is 0 Å². The molecule has 0 bridgehead atoms. The van der Waals surface area contributed by atoms with Gasteiger partial charge in [-0.2, -0.15) is 4.98 Å². The van der Waals surface area contributed by atoms with Gasteiger partial charge < -0.3 is 25.2 Å². The van der Waals surface area contributed by atoms with E-state index in [0.29, 0.717) is 26.5 Å². The lowest BCUT2D eigenvalue weighted by atomic mass is 9.71. The number of rotatable bonds is 6. The summed E-state index contributed by atoms with van der Waals surface area (Å²) in [5.74, 6) is 0.0818. The number of hydrogen-bond acceptors (Lipinski definition) is 7. The minimum Gasteiger partial charge on any atom is -0.480 e. The van der Waals surface area contributed by atoms with Crippen LogP contribution in [-0.2, 0) is 0 Å². The molecule has 1 spiro atoms. The molecule has 0 unspecified atom stereocenters. The fraction of sp³-hybridized carbons (Fsp3) is 0.393. The van der Waals surface area contributed by atoms with E-state index in [1.807, 2.05) is 12.1 Å². The maximum atomic E-state index is 12.9. The lowest BCUT2D eigenvalue weighted by Crippen LogP contribution is -2.46. The van der Waals surface area contributed by atoms with Gasteiger partial charge in [0.25, 0.3) is 5.91 Å². The minimum atomic E-state index is -0.421. The maximum Gasteiger partial charge on any atom is 0.262 e. The lowest BCUT2D eigenvalue weighted by molar-refractivity contribution is 0.0945. The SMILES string of the molecule is COc1nc(Nc2ccc(N3CCC4(CCN(C)CC4)CC3)cc2)ncc1C(=O)Nc1c(Cl)cccc1Br. The molecule has 2 aliphatic rings. The van der Waals surface area contributed by atoms with E-state index in [1.54, 1.807) is 18.2 Å². The van der Waals surface area contributed by atoms with Gasteiger partial charge in [-0.15, -0.1) is 0 Å². The Morgan fingerprint density at radius 2 is 1.74 bits per heavy atom. The van der Waals surface area contributed by atoms with Crippen LogP contribution in [0.5, 0.6) is 5.88 Å². The highest BCUT2D eigenvalue weighted by molar-refractivity contribution is 9.10. The number of amides is 1. The Morgan fingerprint density at radius 1 is 1.05 bits per heavy atom. The number of anilines is 4. The molecule has 0 saturated carbocycles. The molecule has 0 aliphatic carbocycles. The number of nitrogens with zero attached hydrogens (tertiary/aromatic N) is 4. The van der Waals surface area contributed by atoms with Gasteiger partial charge in [0, 0.05) is 35.1 Å². The third-order valence-electron chi connectivity index (χ3n) is 7.75. The zero-order valence-corrected chi connectivity index (χ0v) is 24.0. The number of likely N-dealkylation sites (tertiary alicyclic amines) is 1. The Bertz CT molecular complexity index is 1270. The van der Waals surface area contributed by atoms with Gasteiger partial charge >= 0.3 is 0 Å². The summed E-state index contributed by atoms with van der Waals surface area (Å²) >= 11 is 9.63. The first-order valence-corrected chi connectivity index (χ1v) is 14.0. The number of benzene rings is 2. The van der Waals surface area contributed by atoms with E-state index in [0.717, 1.165) is 18.8 Å². The average Bonchev–Trinajstić information content (AvgIpc) is 2.93. The highest BCUT2D eigenvalue weighted by Crippen LogP contribution is 2.42. The molecule has 3 heterocycles. The normalized spacial score (nSPS) is 17.3. The van der Waals surface area contributed by atoms with Gasteiger partial charge in [-0.05, 0) is 104 Å². The van der Waals surface area contributed by atoms with Gasteiger partial charge in [-0.1, -0.05) is 17.7 Å². The molecule has 200 valence electrons. The second-order valence-electron chi connectivity index (χ2n) is 10.1. The molecule has 2 fully saturated rings. The second kappa shape index (κ2) is 11.5. The largest absolute Gasteiger partial charge is 0.480 e. The number of carbonyl (C=O) groups is 1. The van der Waals surface area contributed by atoms with Crippen molar-refractivity contribution in [1.82, 2.24) is 14.9 Å². The van der Waals surface area contributed by atoms with E-state index < -0.39 is 5.91 Å². The highest BCUT2D eigenvalue weighted by atomic mass is 79.9. The molecule has 2 aliphatic heterocycles. The Hall–Kier alpha value is -2.88. The van der Waals surface area contributed by atoms with Crippen molar-refractivity contribution in [3.8, 4) is 5.88 Å². The standard InChI is InChI=1S/C28H32BrClN6O2/c1-35-14-10-28(11-15-35)12-16-36(17-13-28)20-8-6-19(7-9-20)32-27-31-18-21(26(34-27)38-2)25(37)33-24-22(29)4-3-5-23(24)30/h3-9,18H,10-17H2,1-2H3,(H,33,37)(H,31,32,34). The molecule has 38 heavy (non-hydrogen) atoms. The summed E-state index contributed by atoms with van der Waals surface area (Å²) in [5, 5.41) is 6.42.